The predicted octanol–water partition coefficient (Wildman–Crippen LogP) is 7.32. The maximum atomic E-state index is 5.33. The van der Waals surface area contributed by atoms with Crippen molar-refractivity contribution in [2.45, 2.75) is 87.6 Å². The molecule has 3 unspecified atom stereocenters. The molecule has 0 amide bonds. The number of fused-ring (bicyclic) bond motifs is 6. The van der Waals surface area contributed by atoms with Crippen LogP contribution in [0.3, 0.4) is 0 Å². The molecule has 240 valence electrons. The highest BCUT2D eigenvalue weighted by molar-refractivity contribution is 7.19. The van der Waals surface area contributed by atoms with Gasteiger partial charge in [0.15, 0.2) is 0 Å². The number of benzene rings is 2. The standard InChI is InChI=1S/C38H46N6S2/c1-24-2-6-29(39-20-24)26-4-9-34-32(17-26)42-36(46-34)38-12-15-44(23-38)28(19-38)16-25-3-7-30(40-21-25)27-5-8-33-31(18-27)41-35(45-33)37-10-13-43(22-37)14-11-37/h4-5,8-9,17-18,24-25,28,30,40H,2-3,6-7,10-16,19-23H2,1H3/t24-,25+,28?,30+,38?/m0/s1. The van der Waals surface area contributed by atoms with E-state index in [0.717, 1.165) is 25.4 Å². The zero-order valence-corrected chi connectivity index (χ0v) is 28.8. The van der Waals surface area contributed by atoms with E-state index in [1.165, 1.54) is 131 Å². The van der Waals surface area contributed by atoms with Gasteiger partial charge in [-0.15, -0.1) is 22.7 Å². The van der Waals surface area contributed by atoms with Crippen LogP contribution in [-0.4, -0.2) is 77.3 Å². The van der Waals surface area contributed by atoms with Crippen LogP contribution in [0.2, 0.25) is 0 Å². The normalized spacial score (nSPS) is 37.1. The van der Waals surface area contributed by atoms with E-state index in [9.17, 15) is 0 Å². The molecule has 0 radical (unpaired) electrons. The van der Waals surface area contributed by atoms with Gasteiger partial charge in [0, 0.05) is 48.3 Å². The average Bonchev–Trinajstić information content (AvgIpc) is 3.94. The predicted molar refractivity (Wildman–Crippen MR) is 191 cm³/mol. The number of nitrogens with one attached hydrogen (secondary N) is 1. The van der Waals surface area contributed by atoms with E-state index in [-0.39, 0.29) is 5.41 Å². The van der Waals surface area contributed by atoms with Crippen LogP contribution in [0, 0.1) is 11.8 Å². The van der Waals surface area contributed by atoms with Crippen LogP contribution in [0.15, 0.2) is 41.4 Å². The number of hydrogen-bond acceptors (Lipinski definition) is 8. The summed E-state index contributed by atoms with van der Waals surface area (Å²) in [6.45, 7) is 10.6. The van der Waals surface area contributed by atoms with Gasteiger partial charge in [0.25, 0.3) is 0 Å². The number of piperidine rings is 3. The van der Waals surface area contributed by atoms with Gasteiger partial charge in [-0.3, -0.25) is 9.89 Å². The lowest BCUT2D eigenvalue weighted by Crippen LogP contribution is -2.38. The van der Waals surface area contributed by atoms with Crippen LogP contribution >= 0.6 is 22.7 Å². The molecule has 0 spiro atoms. The highest BCUT2D eigenvalue weighted by Crippen LogP contribution is 2.50. The minimum absolute atomic E-state index is 0.258. The van der Waals surface area contributed by atoms with Gasteiger partial charge >= 0.3 is 0 Å². The molecule has 5 saturated heterocycles. The van der Waals surface area contributed by atoms with E-state index in [2.05, 4.69) is 58.4 Å². The van der Waals surface area contributed by atoms with Gasteiger partial charge in [-0.1, -0.05) is 19.1 Å². The van der Waals surface area contributed by atoms with Gasteiger partial charge in [0.2, 0.25) is 0 Å². The summed E-state index contributed by atoms with van der Waals surface area (Å²) in [5.74, 6) is 1.47. The maximum Gasteiger partial charge on any atom is 0.101 e. The number of thiazole rings is 2. The minimum Gasteiger partial charge on any atom is -0.310 e. The average molecular weight is 651 g/mol. The number of rotatable bonds is 6. The summed E-state index contributed by atoms with van der Waals surface area (Å²) in [7, 11) is 0. The van der Waals surface area contributed by atoms with Gasteiger partial charge in [-0.2, -0.15) is 0 Å². The monoisotopic (exact) mass is 650 g/mol. The van der Waals surface area contributed by atoms with Crippen molar-refractivity contribution in [3.8, 4) is 0 Å². The Hall–Kier alpha value is -2.23. The third-order valence-electron chi connectivity index (χ3n) is 12.9. The number of nitrogens with zero attached hydrogens (tertiary/aromatic N) is 5. The molecule has 6 aliphatic rings. The lowest BCUT2D eigenvalue weighted by atomic mass is 9.79. The summed E-state index contributed by atoms with van der Waals surface area (Å²) in [5, 5.41) is 6.77. The maximum absolute atomic E-state index is 5.33. The Labute approximate surface area is 280 Å². The van der Waals surface area contributed by atoms with Gasteiger partial charge in [-0.05, 0) is 131 Å². The second-order valence-corrected chi connectivity index (χ2v) is 18.0. The third kappa shape index (κ3) is 4.76. The topological polar surface area (TPSA) is 56.6 Å². The molecule has 0 saturated carbocycles. The summed E-state index contributed by atoms with van der Waals surface area (Å²) >= 11 is 3.92. The van der Waals surface area contributed by atoms with Gasteiger partial charge in [-0.25, -0.2) is 9.97 Å². The zero-order valence-electron chi connectivity index (χ0n) is 27.1. The van der Waals surface area contributed by atoms with Crippen LogP contribution < -0.4 is 5.32 Å². The van der Waals surface area contributed by atoms with E-state index in [0.29, 0.717) is 23.4 Å². The fraction of sp³-hybridized carbons (Fsp3) is 0.605. The summed E-state index contributed by atoms with van der Waals surface area (Å²) in [6, 6.07) is 15.2. The van der Waals surface area contributed by atoms with Gasteiger partial charge < -0.3 is 10.2 Å². The highest BCUT2D eigenvalue weighted by atomic mass is 32.1. The van der Waals surface area contributed by atoms with Crippen LogP contribution in [0.5, 0.6) is 0 Å². The Balaban J connectivity index is 0.793. The molecule has 2 aromatic heterocycles. The Morgan fingerprint density at radius 1 is 0.870 bits per heavy atom. The quantitative estimate of drug-likeness (QED) is 0.237. The Morgan fingerprint density at radius 2 is 1.65 bits per heavy atom. The minimum atomic E-state index is 0.258. The summed E-state index contributed by atoms with van der Waals surface area (Å²) < 4.78 is 2.71. The largest absolute Gasteiger partial charge is 0.310 e. The van der Waals surface area contributed by atoms with Crippen LogP contribution in [-0.2, 0) is 10.8 Å². The van der Waals surface area contributed by atoms with Crippen LogP contribution in [0.25, 0.3) is 20.4 Å². The Kier molecular flexibility index (Phi) is 6.81. The zero-order chi connectivity index (χ0) is 30.5. The van der Waals surface area contributed by atoms with Crippen molar-refractivity contribution >= 4 is 48.8 Å². The first-order valence-corrected chi connectivity index (χ1v) is 19.7. The number of aromatic nitrogens is 2. The molecule has 5 fully saturated rings. The molecule has 6 atom stereocenters. The summed E-state index contributed by atoms with van der Waals surface area (Å²) in [6.07, 6.45) is 11.4. The van der Waals surface area contributed by atoms with Crippen molar-refractivity contribution < 1.29 is 0 Å². The first kappa shape index (κ1) is 28.8. The molecular formula is C38H46N6S2. The molecule has 6 nitrogen and oxygen atoms in total. The second-order valence-electron chi connectivity index (χ2n) is 15.9. The molecule has 0 aliphatic carbocycles. The fourth-order valence-electron chi connectivity index (χ4n) is 10.0. The van der Waals surface area contributed by atoms with Crippen LogP contribution in [0.1, 0.15) is 91.9 Å². The van der Waals surface area contributed by atoms with Crippen molar-refractivity contribution in [3.63, 3.8) is 0 Å². The van der Waals surface area contributed by atoms with E-state index >= 15 is 0 Å². The molecule has 1 N–H and O–H groups in total. The lowest BCUT2D eigenvalue weighted by Gasteiger charge is -2.35. The first-order valence-electron chi connectivity index (χ1n) is 18.1. The summed E-state index contributed by atoms with van der Waals surface area (Å²) in [4.78, 5) is 20.9. The third-order valence-corrected chi connectivity index (χ3v) is 15.5. The number of hydrogen-bond donors (Lipinski definition) is 1. The van der Waals surface area contributed by atoms with E-state index in [1.54, 1.807) is 0 Å². The van der Waals surface area contributed by atoms with Crippen molar-refractivity contribution in [2.75, 3.05) is 45.8 Å². The molecule has 4 aromatic rings. The molecule has 2 aromatic carbocycles. The molecule has 46 heavy (non-hydrogen) atoms. The second kappa shape index (κ2) is 10.9. The van der Waals surface area contributed by atoms with Crippen molar-refractivity contribution in [3.05, 3.63) is 57.5 Å². The molecule has 8 heterocycles. The fourth-order valence-corrected chi connectivity index (χ4v) is 12.4. The smallest absolute Gasteiger partial charge is 0.101 e. The molecular weight excluding hydrogens is 605 g/mol. The molecule has 6 aliphatic heterocycles. The molecule has 4 bridgehead atoms. The summed E-state index contributed by atoms with van der Waals surface area (Å²) in [5.41, 5.74) is 7.02. The SMILES string of the molecule is C[C@H]1CCC(c2ccc3sc(C45CCN(C4)C(C[C@H]4CC[C@H](c6ccc7sc(C89CCN(CC8)C9)nc7c6)NC4)C5)nc3c2)=NC1. The Morgan fingerprint density at radius 3 is 2.39 bits per heavy atom. The number of aliphatic imine (C=N–C) groups is 1. The van der Waals surface area contributed by atoms with Gasteiger partial charge in [0.05, 0.1) is 20.4 Å². The highest BCUT2D eigenvalue weighted by Gasteiger charge is 2.52. The van der Waals surface area contributed by atoms with Crippen LogP contribution in [0.4, 0.5) is 0 Å². The molecule has 10 rings (SSSR count). The Bertz CT molecular complexity index is 1830. The lowest BCUT2D eigenvalue weighted by molar-refractivity contribution is 0.192. The van der Waals surface area contributed by atoms with Gasteiger partial charge in [0.1, 0.15) is 10.0 Å². The van der Waals surface area contributed by atoms with E-state index in [4.69, 9.17) is 15.0 Å². The van der Waals surface area contributed by atoms with E-state index in [1.807, 2.05) is 22.7 Å². The van der Waals surface area contributed by atoms with Crippen molar-refractivity contribution in [2.24, 2.45) is 16.8 Å². The molecule has 8 heteroatoms. The van der Waals surface area contributed by atoms with E-state index < -0.39 is 0 Å². The van der Waals surface area contributed by atoms with Crippen molar-refractivity contribution in [1.82, 2.24) is 25.1 Å². The first-order chi connectivity index (χ1) is 22.5. The van der Waals surface area contributed by atoms with Crippen molar-refractivity contribution in [1.29, 1.82) is 0 Å².